The zero-order valence-corrected chi connectivity index (χ0v) is 18.0. The Labute approximate surface area is 190 Å². The maximum absolute atomic E-state index is 13.6. The van der Waals surface area contributed by atoms with Gasteiger partial charge in [0.15, 0.2) is 6.29 Å². The molecule has 0 fully saturated rings. The number of ether oxygens (including phenoxy) is 3. The van der Waals surface area contributed by atoms with E-state index in [1.54, 1.807) is 0 Å². The lowest BCUT2D eigenvalue weighted by molar-refractivity contribution is -0.393. The molecule has 0 spiro atoms. The maximum atomic E-state index is 13.6. The molecule has 0 aliphatic heterocycles. The Kier molecular flexibility index (Phi) is 10.8. The van der Waals surface area contributed by atoms with E-state index in [1.165, 1.54) is 0 Å². The highest BCUT2D eigenvalue weighted by molar-refractivity contribution is 7.87. The molecule has 0 saturated carbocycles. The normalized spacial score (nSPS) is 16.3. The number of unbranched alkanes of at least 4 members (excludes halogenated alkanes) is 1. The van der Waals surface area contributed by atoms with Crippen molar-refractivity contribution in [3.63, 3.8) is 0 Å². The number of alkyl halides is 10. The van der Waals surface area contributed by atoms with E-state index in [0.29, 0.717) is 0 Å². The van der Waals surface area contributed by atoms with Crippen molar-refractivity contribution < 1.29 is 81.0 Å². The van der Waals surface area contributed by atoms with E-state index < -0.39 is 89.7 Å². The van der Waals surface area contributed by atoms with Crippen molar-refractivity contribution in [3.05, 3.63) is 24.8 Å². The largest absolute Gasteiger partial charge is 0.457 e. The van der Waals surface area contributed by atoms with E-state index in [4.69, 9.17) is 4.55 Å². The average molecular weight is 560 g/mol. The number of halogens is 10. The number of carbonyl (C=O) groups is 1. The van der Waals surface area contributed by atoms with Crippen LogP contribution in [0.2, 0.25) is 0 Å². The molecule has 0 rings (SSSR count). The minimum absolute atomic E-state index is 0.724. The van der Waals surface area contributed by atoms with Crippen LogP contribution in [0.15, 0.2) is 24.8 Å². The van der Waals surface area contributed by atoms with Crippen molar-refractivity contribution in [1.29, 1.82) is 0 Å². The monoisotopic (exact) mass is 560 g/mol. The minimum Gasteiger partial charge on any atom is -0.457 e. The fourth-order valence-corrected chi connectivity index (χ4v) is 2.48. The molecule has 0 aromatic carbocycles. The van der Waals surface area contributed by atoms with Gasteiger partial charge in [-0.25, -0.2) is 4.79 Å². The molecule has 2 N–H and O–H groups in total. The third-order valence-electron chi connectivity index (χ3n) is 3.85. The second-order valence-electron chi connectivity index (χ2n) is 6.50. The molecule has 0 radical (unpaired) electrons. The van der Waals surface area contributed by atoms with Gasteiger partial charge in [0.1, 0.15) is 6.61 Å². The van der Waals surface area contributed by atoms with Gasteiger partial charge in [-0.2, -0.15) is 52.3 Å². The van der Waals surface area contributed by atoms with Crippen molar-refractivity contribution in [1.82, 2.24) is 0 Å². The number of aliphatic hydroxyl groups excluding tert-OH is 1. The van der Waals surface area contributed by atoms with Crippen molar-refractivity contribution in [2.24, 2.45) is 0 Å². The third kappa shape index (κ3) is 8.02. The van der Waals surface area contributed by atoms with Crippen LogP contribution in [0.3, 0.4) is 0 Å². The predicted octanol–water partition coefficient (Wildman–Crippen LogP) is 3.73. The van der Waals surface area contributed by atoms with Gasteiger partial charge in [0.25, 0.3) is 0 Å². The summed E-state index contributed by atoms with van der Waals surface area (Å²) in [6.45, 7) is 2.82. The molecular formula is C16H18F10O8S. The van der Waals surface area contributed by atoms with Crippen LogP contribution >= 0.6 is 0 Å². The van der Waals surface area contributed by atoms with Crippen molar-refractivity contribution in [2.45, 2.75) is 54.9 Å². The summed E-state index contributed by atoms with van der Waals surface area (Å²) in [4.78, 5) is 12.0. The summed E-state index contributed by atoms with van der Waals surface area (Å²) in [5.74, 6) is -12.7. The summed E-state index contributed by atoms with van der Waals surface area (Å²) < 4.78 is 173. The van der Waals surface area contributed by atoms with E-state index in [-0.39, 0.29) is 0 Å². The SMILES string of the molecule is C=CCOC(=O)C(OCCCCC(F)(F)C(F)(F)S(=O)(=O)O)(OC(O)C(=C)C(F)(F)F)C(F)(F)F. The molecule has 206 valence electrons. The molecule has 0 heterocycles. The molecule has 2 unspecified atom stereocenters. The van der Waals surface area contributed by atoms with E-state index in [0.717, 1.165) is 6.08 Å². The topological polar surface area (TPSA) is 119 Å². The van der Waals surface area contributed by atoms with Gasteiger partial charge in [-0.1, -0.05) is 19.2 Å². The molecule has 8 nitrogen and oxygen atoms in total. The molecule has 19 heteroatoms. The fraction of sp³-hybridized carbons (Fsp3) is 0.688. The Balaban J connectivity index is 5.74. The van der Waals surface area contributed by atoms with E-state index >= 15 is 0 Å². The van der Waals surface area contributed by atoms with Gasteiger partial charge < -0.3 is 14.6 Å². The fourth-order valence-electron chi connectivity index (χ4n) is 2.00. The van der Waals surface area contributed by atoms with Gasteiger partial charge in [-0.3, -0.25) is 9.29 Å². The number of hydrogen-bond acceptors (Lipinski definition) is 7. The quantitative estimate of drug-likeness (QED) is 0.0824. The molecule has 0 saturated heterocycles. The summed E-state index contributed by atoms with van der Waals surface area (Å²) >= 11 is 0. The summed E-state index contributed by atoms with van der Waals surface area (Å²) in [6, 6.07) is 0. The van der Waals surface area contributed by atoms with Crippen molar-refractivity contribution >= 4 is 16.1 Å². The second-order valence-corrected chi connectivity index (χ2v) is 7.96. The highest BCUT2D eigenvalue weighted by Gasteiger charge is 2.67. The molecule has 0 amide bonds. The molecule has 0 aromatic rings. The lowest BCUT2D eigenvalue weighted by Gasteiger charge is -2.35. The highest BCUT2D eigenvalue weighted by Crippen LogP contribution is 2.42. The van der Waals surface area contributed by atoms with Crippen LogP contribution in [0.4, 0.5) is 43.9 Å². The number of rotatable bonds is 14. The van der Waals surface area contributed by atoms with Crippen LogP contribution in [-0.4, -0.2) is 72.9 Å². The summed E-state index contributed by atoms with van der Waals surface area (Å²) in [5.41, 5.74) is -2.31. The smallest absolute Gasteiger partial charge is 0.455 e. The van der Waals surface area contributed by atoms with Gasteiger partial charge >= 0.3 is 45.4 Å². The summed E-state index contributed by atoms with van der Waals surface area (Å²) in [6.07, 6.45) is -18.7. The molecule has 2 atom stereocenters. The maximum Gasteiger partial charge on any atom is 0.455 e. The first-order valence-electron chi connectivity index (χ1n) is 8.81. The average Bonchev–Trinajstić information content (AvgIpc) is 2.67. The van der Waals surface area contributed by atoms with Crippen LogP contribution in [0.25, 0.3) is 0 Å². The Hall–Kier alpha value is -1.96. The van der Waals surface area contributed by atoms with Gasteiger partial charge in [-0.05, 0) is 12.8 Å². The Morgan fingerprint density at radius 2 is 1.51 bits per heavy atom. The number of esters is 1. The highest BCUT2D eigenvalue weighted by atomic mass is 32.2. The van der Waals surface area contributed by atoms with Crippen LogP contribution < -0.4 is 0 Å². The predicted molar refractivity (Wildman–Crippen MR) is 93.5 cm³/mol. The van der Waals surface area contributed by atoms with Crippen LogP contribution in [0.1, 0.15) is 19.3 Å². The standard InChI is InChI=1S/C16H18F10O8S/c1-3-7-32-11(28)13(15(22,23)24,34-10(27)9(2)14(19,20)21)33-8-5-4-6-12(17,18)16(25,26)35(29,30)31/h3,10,27H,1-2,4-8H2,(H,29,30,31). The van der Waals surface area contributed by atoms with Crippen molar-refractivity contribution in [2.75, 3.05) is 13.2 Å². The van der Waals surface area contributed by atoms with E-state index in [9.17, 15) is 62.2 Å². The Bertz CT molecular complexity index is 869. The van der Waals surface area contributed by atoms with Gasteiger partial charge in [0.2, 0.25) is 0 Å². The molecule has 0 aliphatic rings. The first kappa shape index (κ1) is 33.0. The Morgan fingerprint density at radius 1 is 1.00 bits per heavy atom. The third-order valence-corrected chi connectivity index (χ3v) is 4.80. The number of hydrogen-bond donors (Lipinski definition) is 2. The van der Waals surface area contributed by atoms with Gasteiger partial charge in [0, 0.05) is 6.42 Å². The number of carbonyl (C=O) groups excluding carboxylic acids is 1. The van der Waals surface area contributed by atoms with E-state index in [1.807, 2.05) is 0 Å². The Morgan fingerprint density at radius 3 is 1.91 bits per heavy atom. The first-order valence-corrected chi connectivity index (χ1v) is 10.2. The zero-order chi connectivity index (χ0) is 28.1. The molecule has 0 aromatic heterocycles. The van der Waals surface area contributed by atoms with Crippen molar-refractivity contribution in [3.8, 4) is 0 Å². The zero-order valence-electron chi connectivity index (χ0n) is 17.1. The van der Waals surface area contributed by atoms with Crippen LogP contribution in [-0.2, 0) is 29.1 Å². The lowest BCUT2D eigenvalue weighted by atomic mass is 10.1. The van der Waals surface area contributed by atoms with E-state index in [2.05, 4.69) is 27.4 Å². The van der Waals surface area contributed by atoms with Gasteiger partial charge in [-0.15, -0.1) is 0 Å². The number of aliphatic hydroxyl groups is 1. The molecule has 0 aliphatic carbocycles. The second kappa shape index (κ2) is 11.4. The molecular weight excluding hydrogens is 542 g/mol. The lowest BCUT2D eigenvalue weighted by Crippen LogP contribution is -2.59. The molecule has 35 heavy (non-hydrogen) atoms. The van der Waals surface area contributed by atoms with Crippen LogP contribution in [0, 0.1) is 0 Å². The minimum atomic E-state index is -6.58. The summed E-state index contributed by atoms with van der Waals surface area (Å²) in [5, 5.41) is 3.43. The van der Waals surface area contributed by atoms with Crippen LogP contribution in [0.5, 0.6) is 0 Å². The first-order chi connectivity index (χ1) is 15.5. The van der Waals surface area contributed by atoms with Gasteiger partial charge in [0.05, 0.1) is 12.2 Å². The summed E-state index contributed by atoms with van der Waals surface area (Å²) in [7, 11) is -6.58. The molecule has 0 bridgehead atoms.